The third-order valence-electron chi connectivity index (χ3n) is 2.14. The minimum absolute atomic E-state index is 0.503. The molecule has 1 saturated heterocycles. The molecule has 0 spiro atoms. The van der Waals surface area contributed by atoms with Crippen LogP contribution in [0.3, 0.4) is 0 Å². The topological polar surface area (TPSA) is 38.7 Å². The molecule has 1 heterocycles. The molecule has 1 fully saturated rings. The minimum atomic E-state index is -2.95. The Morgan fingerprint density at radius 2 is 1.36 bits per heavy atom. The molecule has 3 nitrogen and oxygen atoms in total. The smallest absolute Gasteiger partial charge is 0.324 e. The van der Waals surface area contributed by atoms with Gasteiger partial charge in [-0.3, -0.25) is 9.05 Å². The molecule has 0 radical (unpaired) electrons. The first-order chi connectivity index (χ1) is 4.66. The summed E-state index contributed by atoms with van der Waals surface area (Å²) in [6.07, 6.45) is 0. The van der Waals surface area contributed by atoms with Crippen LogP contribution in [0.4, 0.5) is 0 Å². The fraction of sp³-hybridized carbons (Fsp3) is 1.00. The summed E-state index contributed by atoms with van der Waals surface area (Å²) in [6.45, 7) is 4.48. The standard InChI is InChI=1S/C6H13O3PS/c1-5(2)6(3,4)9-10(7,11)8-5/h1-4H3,(H,7,11). The Morgan fingerprint density at radius 1 is 1.09 bits per heavy atom. The van der Waals surface area contributed by atoms with Crippen LogP contribution in [0.1, 0.15) is 27.7 Å². The zero-order valence-corrected chi connectivity index (χ0v) is 8.83. The molecule has 1 aliphatic rings. The number of hydrogen-bond donors (Lipinski definition) is 1. The van der Waals surface area contributed by atoms with Crippen molar-refractivity contribution in [3.63, 3.8) is 0 Å². The number of hydrogen-bond acceptors (Lipinski definition) is 3. The van der Waals surface area contributed by atoms with Crippen LogP contribution in [0.15, 0.2) is 0 Å². The predicted octanol–water partition coefficient (Wildman–Crippen LogP) is 1.81. The van der Waals surface area contributed by atoms with Gasteiger partial charge in [-0.05, 0) is 39.5 Å². The van der Waals surface area contributed by atoms with Crippen molar-refractivity contribution >= 4 is 18.5 Å². The van der Waals surface area contributed by atoms with E-state index in [9.17, 15) is 4.89 Å². The zero-order chi connectivity index (χ0) is 8.91. The van der Waals surface area contributed by atoms with Gasteiger partial charge in [-0.1, -0.05) is 0 Å². The lowest BCUT2D eigenvalue weighted by molar-refractivity contribution is 0.00578. The summed E-state index contributed by atoms with van der Waals surface area (Å²) in [4.78, 5) is 9.35. The highest BCUT2D eigenvalue weighted by Gasteiger charge is 2.52. The first kappa shape index (κ1) is 9.62. The van der Waals surface area contributed by atoms with Gasteiger partial charge in [-0.25, -0.2) is 0 Å². The number of rotatable bonds is 0. The Bertz CT molecular complexity index is 204. The van der Waals surface area contributed by atoms with Gasteiger partial charge in [0.15, 0.2) is 0 Å². The SMILES string of the molecule is CC1(C)OP(O)(=S)OC1(C)C. The first-order valence-electron chi connectivity index (χ1n) is 3.41. The van der Waals surface area contributed by atoms with Crippen LogP contribution in [0.25, 0.3) is 0 Å². The van der Waals surface area contributed by atoms with Crippen molar-refractivity contribution in [2.24, 2.45) is 0 Å². The van der Waals surface area contributed by atoms with Crippen molar-refractivity contribution in [3.8, 4) is 0 Å². The molecule has 0 unspecified atom stereocenters. The second-order valence-electron chi connectivity index (χ2n) is 3.67. The van der Waals surface area contributed by atoms with Gasteiger partial charge in [0.1, 0.15) is 11.2 Å². The quantitative estimate of drug-likeness (QED) is 0.600. The molecule has 11 heavy (non-hydrogen) atoms. The summed E-state index contributed by atoms with van der Waals surface area (Å²) >= 11 is 4.73. The van der Waals surface area contributed by atoms with E-state index in [0.29, 0.717) is 0 Å². The molecule has 0 aliphatic carbocycles. The Morgan fingerprint density at radius 3 is 1.45 bits per heavy atom. The van der Waals surface area contributed by atoms with Crippen LogP contribution >= 0.6 is 6.72 Å². The summed E-state index contributed by atoms with van der Waals surface area (Å²) in [5, 5.41) is 0. The lowest BCUT2D eigenvalue weighted by atomic mass is 9.90. The Balaban J connectivity index is 2.98. The van der Waals surface area contributed by atoms with E-state index in [4.69, 9.17) is 20.9 Å². The lowest BCUT2D eigenvalue weighted by Crippen LogP contribution is -2.41. The molecule has 66 valence electrons. The molecular formula is C6H13O3PS. The van der Waals surface area contributed by atoms with E-state index in [2.05, 4.69) is 0 Å². The van der Waals surface area contributed by atoms with E-state index in [-0.39, 0.29) is 0 Å². The minimum Gasteiger partial charge on any atom is -0.324 e. The largest absolute Gasteiger partial charge is 0.325 e. The summed E-state index contributed by atoms with van der Waals surface area (Å²) in [7, 11) is 0. The molecule has 0 atom stereocenters. The monoisotopic (exact) mass is 196 g/mol. The molecule has 1 aliphatic heterocycles. The average molecular weight is 196 g/mol. The molecular weight excluding hydrogens is 183 g/mol. The van der Waals surface area contributed by atoms with Gasteiger partial charge in [0.2, 0.25) is 0 Å². The molecule has 0 aromatic heterocycles. The van der Waals surface area contributed by atoms with Crippen molar-refractivity contribution in [1.29, 1.82) is 0 Å². The van der Waals surface area contributed by atoms with Crippen molar-refractivity contribution in [2.45, 2.75) is 38.9 Å². The van der Waals surface area contributed by atoms with E-state index in [0.717, 1.165) is 0 Å². The summed E-state index contributed by atoms with van der Waals surface area (Å²) < 4.78 is 10.4. The molecule has 0 saturated carbocycles. The van der Waals surface area contributed by atoms with Gasteiger partial charge in [-0.2, -0.15) is 0 Å². The maximum atomic E-state index is 9.35. The molecule has 0 aromatic carbocycles. The third kappa shape index (κ3) is 1.65. The van der Waals surface area contributed by atoms with E-state index in [1.807, 2.05) is 27.7 Å². The van der Waals surface area contributed by atoms with E-state index in [1.54, 1.807) is 0 Å². The summed E-state index contributed by atoms with van der Waals surface area (Å²) in [5.41, 5.74) is -1.01. The van der Waals surface area contributed by atoms with Gasteiger partial charge < -0.3 is 4.89 Å². The molecule has 0 bridgehead atoms. The Kier molecular flexibility index (Phi) is 1.98. The van der Waals surface area contributed by atoms with Crippen molar-refractivity contribution < 1.29 is 13.9 Å². The Labute approximate surface area is 72.0 Å². The molecule has 1 N–H and O–H groups in total. The van der Waals surface area contributed by atoms with Gasteiger partial charge in [0, 0.05) is 0 Å². The second-order valence-corrected chi connectivity index (χ2v) is 6.36. The molecule has 5 heteroatoms. The van der Waals surface area contributed by atoms with Gasteiger partial charge in [-0.15, -0.1) is 0 Å². The fourth-order valence-corrected chi connectivity index (χ4v) is 3.56. The van der Waals surface area contributed by atoms with Crippen LogP contribution in [0.5, 0.6) is 0 Å². The second kappa shape index (κ2) is 2.27. The van der Waals surface area contributed by atoms with E-state index >= 15 is 0 Å². The molecule has 1 rings (SSSR count). The van der Waals surface area contributed by atoms with Crippen LogP contribution in [0.2, 0.25) is 0 Å². The van der Waals surface area contributed by atoms with Crippen LogP contribution < -0.4 is 0 Å². The third-order valence-corrected chi connectivity index (χ3v) is 3.96. The summed E-state index contributed by atoms with van der Waals surface area (Å²) in [6, 6.07) is 0. The first-order valence-corrected chi connectivity index (χ1v) is 6.00. The van der Waals surface area contributed by atoms with Crippen molar-refractivity contribution in [1.82, 2.24) is 0 Å². The Hall–Kier alpha value is 0.530. The highest BCUT2D eigenvalue weighted by Crippen LogP contribution is 2.61. The van der Waals surface area contributed by atoms with E-state index < -0.39 is 17.9 Å². The highest BCUT2D eigenvalue weighted by atomic mass is 32.5. The van der Waals surface area contributed by atoms with E-state index in [1.165, 1.54) is 0 Å². The maximum absolute atomic E-state index is 9.35. The van der Waals surface area contributed by atoms with Gasteiger partial charge in [0.25, 0.3) is 0 Å². The lowest BCUT2D eigenvalue weighted by Gasteiger charge is -2.29. The highest BCUT2D eigenvalue weighted by molar-refractivity contribution is 8.07. The maximum Gasteiger partial charge on any atom is 0.325 e. The fourth-order valence-electron chi connectivity index (χ4n) is 0.815. The van der Waals surface area contributed by atoms with Crippen LogP contribution in [-0.4, -0.2) is 16.1 Å². The predicted molar refractivity (Wildman–Crippen MR) is 46.8 cm³/mol. The zero-order valence-electron chi connectivity index (χ0n) is 7.12. The van der Waals surface area contributed by atoms with Crippen molar-refractivity contribution in [3.05, 3.63) is 0 Å². The molecule has 0 aromatic rings. The summed E-state index contributed by atoms with van der Waals surface area (Å²) in [5.74, 6) is 0. The van der Waals surface area contributed by atoms with Crippen molar-refractivity contribution in [2.75, 3.05) is 0 Å². The van der Waals surface area contributed by atoms with Crippen LogP contribution in [-0.2, 0) is 20.9 Å². The molecule has 0 amide bonds. The average Bonchev–Trinajstić information content (AvgIpc) is 1.66. The van der Waals surface area contributed by atoms with Crippen LogP contribution in [0, 0.1) is 0 Å². The van der Waals surface area contributed by atoms with Gasteiger partial charge >= 0.3 is 6.72 Å². The van der Waals surface area contributed by atoms with Gasteiger partial charge in [0.05, 0.1) is 0 Å². The normalized spacial score (nSPS) is 32.1.